The van der Waals surface area contributed by atoms with Crippen molar-refractivity contribution in [3.8, 4) is 0 Å². The molecule has 22 heavy (non-hydrogen) atoms. The molecule has 0 bridgehead atoms. The fourth-order valence-corrected chi connectivity index (χ4v) is 3.02. The van der Waals surface area contributed by atoms with Gasteiger partial charge in [-0.1, -0.05) is 18.0 Å². The molecule has 0 fully saturated rings. The summed E-state index contributed by atoms with van der Waals surface area (Å²) >= 11 is 5.92. The van der Waals surface area contributed by atoms with Crippen molar-refractivity contribution in [2.75, 3.05) is 5.32 Å². The fraction of sp³-hybridized carbons (Fsp3) is 0.312. The predicted molar refractivity (Wildman–Crippen MR) is 87.6 cm³/mol. The average Bonchev–Trinajstić information content (AvgIpc) is 2.73. The van der Waals surface area contributed by atoms with Crippen LogP contribution in [0.25, 0.3) is 11.2 Å². The van der Waals surface area contributed by atoms with Crippen LogP contribution >= 0.6 is 11.6 Å². The number of aryl methyl sites for hydroxylation is 2. The van der Waals surface area contributed by atoms with Gasteiger partial charge in [0.2, 0.25) is 0 Å². The van der Waals surface area contributed by atoms with E-state index in [0.717, 1.165) is 41.5 Å². The first kappa shape index (κ1) is 13.5. The number of imidazole rings is 1. The minimum atomic E-state index is 0.715. The van der Waals surface area contributed by atoms with E-state index in [1.807, 2.05) is 24.3 Å². The summed E-state index contributed by atoms with van der Waals surface area (Å²) < 4.78 is 2.23. The molecule has 0 atom stereocenters. The summed E-state index contributed by atoms with van der Waals surface area (Å²) in [5.74, 6) is 1.86. The molecule has 1 aromatic carbocycles. The molecular weight excluding hydrogens is 298 g/mol. The van der Waals surface area contributed by atoms with E-state index in [2.05, 4.69) is 19.9 Å². The van der Waals surface area contributed by atoms with E-state index >= 15 is 0 Å². The van der Waals surface area contributed by atoms with Gasteiger partial charge in [-0.15, -0.1) is 0 Å². The third kappa shape index (κ3) is 2.41. The first-order valence-corrected chi connectivity index (χ1v) is 7.92. The lowest BCUT2D eigenvalue weighted by Crippen LogP contribution is -2.01. The third-order valence-electron chi connectivity index (χ3n) is 4.00. The van der Waals surface area contributed by atoms with Gasteiger partial charge in [0.05, 0.1) is 0 Å². The molecule has 5 nitrogen and oxygen atoms in total. The maximum absolute atomic E-state index is 5.92. The van der Waals surface area contributed by atoms with Crippen molar-refractivity contribution in [3.63, 3.8) is 0 Å². The van der Waals surface area contributed by atoms with Crippen molar-refractivity contribution in [1.82, 2.24) is 19.5 Å². The van der Waals surface area contributed by atoms with E-state index in [4.69, 9.17) is 16.6 Å². The highest BCUT2D eigenvalue weighted by molar-refractivity contribution is 6.30. The molecule has 3 heterocycles. The molecule has 0 radical (unpaired) electrons. The van der Waals surface area contributed by atoms with Crippen molar-refractivity contribution in [2.45, 2.75) is 32.2 Å². The van der Waals surface area contributed by atoms with Crippen LogP contribution in [-0.4, -0.2) is 19.5 Å². The Hall–Kier alpha value is -2.14. The molecule has 1 N–H and O–H groups in total. The molecule has 0 saturated heterocycles. The van der Waals surface area contributed by atoms with Crippen LogP contribution in [0.2, 0.25) is 5.02 Å². The standard InChI is InChI=1S/C16H16ClN5/c17-11-5-7-12(8-6-11)20-15-14-16(19-10-18-15)22-9-3-1-2-4-13(22)21-14/h5-8,10H,1-4,9H2,(H,18,19,20). The second-order valence-electron chi connectivity index (χ2n) is 5.52. The summed E-state index contributed by atoms with van der Waals surface area (Å²) in [5.41, 5.74) is 2.70. The first-order valence-electron chi connectivity index (χ1n) is 7.54. The van der Waals surface area contributed by atoms with Gasteiger partial charge < -0.3 is 9.88 Å². The maximum Gasteiger partial charge on any atom is 0.165 e. The smallest absolute Gasteiger partial charge is 0.165 e. The second kappa shape index (κ2) is 5.57. The molecular formula is C16H16ClN5. The Labute approximate surface area is 133 Å². The number of halogens is 1. The molecule has 0 aliphatic carbocycles. The highest BCUT2D eigenvalue weighted by Crippen LogP contribution is 2.26. The number of anilines is 2. The van der Waals surface area contributed by atoms with Crippen LogP contribution in [-0.2, 0) is 13.0 Å². The zero-order valence-corrected chi connectivity index (χ0v) is 12.8. The van der Waals surface area contributed by atoms with Crippen LogP contribution in [0.3, 0.4) is 0 Å². The SMILES string of the molecule is Clc1ccc(Nc2ncnc3c2nc2n3CCCCC2)cc1. The van der Waals surface area contributed by atoms with Crippen molar-refractivity contribution in [2.24, 2.45) is 0 Å². The highest BCUT2D eigenvalue weighted by atomic mass is 35.5. The summed E-state index contributed by atoms with van der Waals surface area (Å²) in [6.45, 7) is 0.989. The van der Waals surface area contributed by atoms with Crippen LogP contribution < -0.4 is 5.32 Å². The normalized spacial score (nSPS) is 14.6. The van der Waals surface area contributed by atoms with E-state index in [1.165, 1.54) is 19.3 Å². The van der Waals surface area contributed by atoms with Crippen LogP contribution in [0.4, 0.5) is 11.5 Å². The lowest BCUT2D eigenvalue weighted by Gasteiger charge is -2.06. The van der Waals surface area contributed by atoms with Gasteiger partial charge in [-0.3, -0.25) is 0 Å². The lowest BCUT2D eigenvalue weighted by atomic mass is 10.2. The van der Waals surface area contributed by atoms with Crippen LogP contribution in [0.5, 0.6) is 0 Å². The molecule has 1 aliphatic heterocycles. The van der Waals surface area contributed by atoms with E-state index in [-0.39, 0.29) is 0 Å². The number of fused-ring (bicyclic) bond motifs is 3. The Morgan fingerprint density at radius 3 is 2.77 bits per heavy atom. The van der Waals surface area contributed by atoms with Gasteiger partial charge in [0.25, 0.3) is 0 Å². The Bertz CT molecular complexity index is 809. The molecule has 4 rings (SSSR count). The van der Waals surface area contributed by atoms with E-state index < -0.39 is 0 Å². The first-order chi connectivity index (χ1) is 10.8. The Balaban J connectivity index is 1.76. The van der Waals surface area contributed by atoms with Crippen molar-refractivity contribution in [3.05, 3.63) is 41.4 Å². The molecule has 0 spiro atoms. The summed E-state index contributed by atoms with van der Waals surface area (Å²) in [6.07, 6.45) is 6.24. The number of nitrogens with zero attached hydrogens (tertiary/aromatic N) is 4. The largest absolute Gasteiger partial charge is 0.338 e. The molecule has 6 heteroatoms. The van der Waals surface area contributed by atoms with Crippen molar-refractivity contribution >= 4 is 34.3 Å². The maximum atomic E-state index is 5.92. The van der Waals surface area contributed by atoms with Gasteiger partial charge in [-0.05, 0) is 37.1 Å². The second-order valence-corrected chi connectivity index (χ2v) is 5.95. The number of nitrogens with one attached hydrogen (secondary N) is 1. The van der Waals surface area contributed by atoms with Crippen molar-refractivity contribution < 1.29 is 0 Å². The molecule has 112 valence electrons. The number of benzene rings is 1. The van der Waals surface area contributed by atoms with Gasteiger partial charge in [0.15, 0.2) is 17.0 Å². The monoisotopic (exact) mass is 313 g/mol. The van der Waals surface area contributed by atoms with E-state index in [1.54, 1.807) is 6.33 Å². The average molecular weight is 314 g/mol. The van der Waals surface area contributed by atoms with Gasteiger partial charge in [0.1, 0.15) is 12.2 Å². The molecule has 3 aromatic rings. The number of hydrogen-bond acceptors (Lipinski definition) is 4. The van der Waals surface area contributed by atoms with Crippen LogP contribution in [0.15, 0.2) is 30.6 Å². The van der Waals surface area contributed by atoms with Gasteiger partial charge in [0, 0.05) is 23.7 Å². The minimum Gasteiger partial charge on any atom is -0.338 e. The van der Waals surface area contributed by atoms with Gasteiger partial charge in [-0.2, -0.15) is 0 Å². The Morgan fingerprint density at radius 2 is 1.91 bits per heavy atom. The zero-order valence-electron chi connectivity index (χ0n) is 12.1. The Morgan fingerprint density at radius 1 is 1.05 bits per heavy atom. The lowest BCUT2D eigenvalue weighted by molar-refractivity contribution is 0.643. The highest BCUT2D eigenvalue weighted by Gasteiger charge is 2.17. The summed E-state index contributed by atoms with van der Waals surface area (Å²) in [5, 5.41) is 4.03. The molecule has 1 aliphatic rings. The number of rotatable bonds is 2. The van der Waals surface area contributed by atoms with E-state index in [9.17, 15) is 0 Å². The quantitative estimate of drug-likeness (QED) is 0.778. The molecule has 0 saturated carbocycles. The number of aromatic nitrogens is 4. The predicted octanol–water partition coefficient (Wildman–Crippen LogP) is 3.95. The summed E-state index contributed by atoms with van der Waals surface area (Å²) in [4.78, 5) is 13.6. The zero-order chi connectivity index (χ0) is 14.9. The molecule has 0 unspecified atom stereocenters. The topological polar surface area (TPSA) is 55.6 Å². The van der Waals surface area contributed by atoms with Gasteiger partial charge in [-0.25, -0.2) is 15.0 Å². The van der Waals surface area contributed by atoms with Gasteiger partial charge >= 0.3 is 0 Å². The molecule has 0 amide bonds. The van der Waals surface area contributed by atoms with Crippen LogP contribution in [0.1, 0.15) is 25.1 Å². The molecule has 2 aromatic heterocycles. The fourth-order valence-electron chi connectivity index (χ4n) is 2.90. The number of hydrogen-bond donors (Lipinski definition) is 1. The van der Waals surface area contributed by atoms with E-state index in [0.29, 0.717) is 5.02 Å². The van der Waals surface area contributed by atoms with Crippen molar-refractivity contribution in [1.29, 1.82) is 0 Å². The summed E-state index contributed by atoms with van der Waals surface area (Å²) in [7, 11) is 0. The summed E-state index contributed by atoms with van der Waals surface area (Å²) in [6, 6.07) is 7.56. The Kier molecular flexibility index (Phi) is 3.42. The minimum absolute atomic E-state index is 0.715. The van der Waals surface area contributed by atoms with Crippen LogP contribution in [0, 0.1) is 0 Å². The third-order valence-corrected chi connectivity index (χ3v) is 4.25.